The second-order valence-corrected chi connectivity index (χ2v) is 8.71. The standard InChI is InChI=1S/C22H22N2O5S2/c1-14(25)11-15-3-4-17(20(12-15)31(27)28)7-10-21(26)24-22-23-19(13-30-22)16-5-8-18(29-2)9-6-16/h3-10,12-14,17,25H,11H2,1-2H3,(H,23,24,26)/b10-7+. The van der Waals surface area contributed by atoms with Crippen LogP contribution in [0.3, 0.4) is 0 Å². The van der Waals surface area contributed by atoms with E-state index < -0.39 is 28.2 Å². The molecule has 0 saturated heterocycles. The number of carbonyl (C=O) groups excluding carboxylic acids is 1. The number of aliphatic hydroxyl groups is 1. The number of ether oxygens (including phenoxy) is 1. The Kier molecular flexibility index (Phi) is 7.56. The van der Waals surface area contributed by atoms with Crippen LogP contribution in [-0.2, 0) is 15.1 Å². The van der Waals surface area contributed by atoms with Crippen LogP contribution < -0.4 is 10.1 Å². The van der Waals surface area contributed by atoms with Gasteiger partial charge in [0.05, 0.1) is 23.8 Å². The van der Waals surface area contributed by atoms with Crippen LogP contribution in [0.5, 0.6) is 5.75 Å². The third-order valence-electron chi connectivity index (χ3n) is 4.47. The largest absolute Gasteiger partial charge is 0.497 e. The molecule has 2 N–H and O–H groups in total. The van der Waals surface area contributed by atoms with Crippen LogP contribution in [0.1, 0.15) is 13.3 Å². The number of hydrogen-bond donors (Lipinski definition) is 2. The van der Waals surface area contributed by atoms with Crippen LogP contribution in [0.25, 0.3) is 11.3 Å². The van der Waals surface area contributed by atoms with Crippen molar-refractivity contribution in [3.05, 3.63) is 65.6 Å². The van der Waals surface area contributed by atoms with Crippen LogP contribution in [0, 0.1) is 5.92 Å². The van der Waals surface area contributed by atoms with Crippen molar-refractivity contribution in [1.82, 2.24) is 4.98 Å². The first-order valence-electron chi connectivity index (χ1n) is 9.48. The van der Waals surface area contributed by atoms with E-state index in [4.69, 9.17) is 4.74 Å². The Hall–Kier alpha value is -3.01. The van der Waals surface area contributed by atoms with Gasteiger partial charge in [-0.25, -0.2) is 4.98 Å². The summed E-state index contributed by atoms with van der Waals surface area (Å²) in [6, 6.07) is 7.44. The smallest absolute Gasteiger partial charge is 0.249 e. The van der Waals surface area contributed by atoms with Crippen LogP contribution in [-0.4, -0.2) is 42.5 Å². The summed E-state index contributed by atoms with van der Waals surface area (Å²) < 4.78 is 28.3. The van der Waals surface area contributed by atoms with Gasteiger partial charge in [0.25, 0.3) is 0 Å². The van der Waals surface area contributed by atoms with Crippen molar-refractivity contribution in [2.45, 2.75) is 19.4 Å². The molecular weight excluding hydrogens is 436 g/mol. The molecule has 9 heteroatoms. The number of carbonyl (C=O) groups is 1. The zero-order valence-electron chi connectivity index (χ0n) is 17.0. The molecular formula is C22H22N2O5S2. The second kappa shape index (κ2) is 10.3. The van der Waals surface area contributed by atoms with Gasteiger partial charge in [0, 0.05) is 22.9 Å². The van der Waals surface area contributed by atoms with Gasteiger partial charge in [-0.3, -0.25) is 10.1 Å². The predicted octanol–water partition coefficient (Wildman–Crippen LogP) is 3.25. The molecule has 0 bridgehead atoms. The van der Waals surface area contributed by atoms with Gasteiger partial charge in [-0.2, -0.15) is 8.42 Å². The maximum atomic E-state index is 12.3. The van der Waals surface area contributed by atoms with Gasteiger partial charge in [0.15, 0.2) is 5.13 Å². The number of aliphatic hydroxyl groups excluding tert-OH is 1. The lowest BCUT2D eigenvalue weighted by Crippen LogP contribution is -2.15. The van der Waals surface area contributed by atoms with Gasteiger partial charge >= 0.3 is 0 Å². The Morgan fingerprint density at radius 2 is 2.10 bits per heavy atom. The Morgan fingerprint density at radius 1 is 1.35 bits per heavy atom. The fourth-order valence-corrected chi connectivity index (χ4v) is 4.35. The van der Waals surface area contributed by atoms with Gasteiger partial charge in [-0.1, -0.05) is 18.2 Å². The minimum atomic E-state index is -2.44. The average molecular weight is 459 g/mol. The highest BCUT2D eigenvalue weighted by Crippen LogP contribution is 2.26. The number of aromatic nitrogens is 1. The summed E-state index contributed by atoms with van der Waals surface area (Å²) in [5.74, 6) is -0.204. The molecule has 1 aliphatic rings. The molecule has 0 fully saturated rings. The molecule has 1 heterocycles. The second-order valence-electron chi connectivity index (χ2n) is 6.91. The quantitative estimate of drug-likeness (QED) is 0.487. The van der Waals surface area contributed by atoms with Crippen molar-refractivity contribution in [2.24, 2.45) is 5.92 Å². The lowest BCUT2D eigenvalue weighted by atomic mass is 9.93. The Bertz CT molecular complexity index is 1160. The van der Waals surface area contributed by atoms with E-state index in [1.54, 1.807) is 26.2 Å². The van der Waals surface area contributed by atoms with Crippen molar-refractivity contribution < 1.29 is 23.1 Å². The highest BCUT2D eigenvalue weighted by atomic mass is 32.2. The van der Waals surface area contributed by atoms with Crippen molar-refractivity contribution in [2.75, 3.05) is 12.4 Å². The molecule has 2 aromatic rings. The SMILES string of the molecule is COc1ccc(-c2csc(NC(=O)/C=C/C3C=CC(CC(C)O)=CC3=S(=O)=O)n2)cc1. The zero-order chi connectivity index (χ0) is 22.4. The summed E-state index contributed by atoms with van der Waals surface area (Å²) in [5, 5.41) is 14.5. The lowest BCUT2D eigenvalue weighted by molar-refractivity contribution is -0.111. The Morgan fingerprint density at radius 3 is 2.74 bits per heavy atom. The topological polar surface area (TPSA) is 106 Å². The fraction of sp³-hybridized carbons (Fsp3) is 0.227. The summed E-state index contributed by atoms with van der Waals surface area (Å²) in [4.78, 5) is 16.9. The van der Waals surface area contributed by atoms with E-state index in [9.17, 15) is 18.3 Å². The predicted molar refractivity (Wildman–Crippen MR) is 123 cm³/mol. The minimum Gasteiger partial charge on any atom is -0.497 e. The van der Waals surface area contributed by atoms with E-state index in [2.05, 4.69) is 10.3 Å². The van der Waals surface area contributed by atoms with Crippen molar-refractivity contribution in [3.63, 3.8) is 0 Å². The van der Waals surface area contributed by atoms with E-state index in [0.717, 1.165) is 22.6 Å². The highest BCUT2D eigenvalue weighted by molar-refractivity contribution is 7.73. The highest BCUT2D eigenvalue weighted by Gasteiger charge is 2.16. The Labute approximate surface area is 185 Å². The van der Waals surface area contributed by atoms with E-state index in [0.29, 0.717) is 11.6 Å². The molecule has 2 unspecified atom stereocenters. The molecule has 0 saturated carbocycles. The van der Waals surface area contributed by atoms with E-state index in [1.165, 1.54) is 29.6 Å². The van der Waals surface area contributed by atoms with E-state index >= 15 is 0 Å². The van der Waals surface area contributed by atoms with E-state index in [1.807, 2.05) is 29.6 Å². The summed E-state index contributed by atoms with van der Waals surface area (Å²) in [5.41, 5.74) is 2.35. The molecule has 0 aliphatic heterocycles. The molecule has 2 atom stereocenters. The number of rotatable bonds is 7. The maximum absolute atomic E-state index is 12.3. The molecule has 7 nitrogen and oxygen atoms in total. The number of thiazole rings is 1. The maximum Gasteiger partial charge on any atom is 0.249 e. The number of benzene rings is 1. The van der Waals surface area contributed by atoms with Crippen molar-refractivity contribution in [3.8, 4) is 17.0 Å². The molecule has 162 valence electrons. The molecule has 1 aromatic heterocycles. The molecule has 3 rings (SSSR count). The number of methoxy groups -OCH3 is 1. The number of nitrogens with zero attached hydrogens (tertiary/aromatic N) is 1. The first-order valence-corrected chi connectivity index (χ1v) is 11.4. The summed E-state index contributed by atoms with van der Waals surface area (Å²) in [7, 11) is -0.836. The molecule has 1 aliphatic carbocycles. The van der Waals surface area contributed by atoms with Crippen LogP contribution in [0.15, 0.2) is 65.6 Å². The van der Waals surface area contributed by atoms with E-state index in [-0.39, 0.29) is 4.86 Å². The third-order valence-corrected chi connectivity index (χ3v) is 6.01. The summed E-state index contributed by atoms with van der Waals surface area (Å²) in [6.07, 6.45) is 7.58. The molecule has 0 radical (unpaired) electrons. The molecule has 0 spiro atoms. The van der Waals surface area contributed by atoms with Gasteiger partial charge < -0.3 is 9.84 Å². The number of hydrogen-bond acceptors (Lipinski definition) is 7. The summed E-state index contributed by atoms with van der Waals surface area (Å²) in [6.45, 7) is 1.64. The number of nitrogens with one attached hydrogen (secondary N) is 1. The summed E-state index contributed by atoms with van der Waals surface area (Å²) >= 11 is 1.30. The minimum absolute atomic E-state index is 0.151. The van der Waals surface area contributed by atoms with Crippen LogP contribution in [0.2, 0.25) is 0 Å². The van der Waals surface area contributed by atoms with Crippen molar-refractivity contribution in [1.29, 1.82) is 0 Å². The first-order chi connectivity index (χ1) is 14.9. The average Bonchev–Trinajstić information content (AvgIpc) is 3.20. The zero-order valence-corrected chi connectivity index (χ0v) is 18.6. The number of amides is 1. The van der Waals surface area contributed by atoms with Gasteiger partial charge in [0.1, 0.15) is 5.75 Å². The normalized spacial score (nSPS) is 16.8. The van der Waals surface area contributed by atoms with Crippen molar-refractivity contribution >= 4 is 37.5 Å². The monoisotopic (exact) mass is 458 g/mol. The Balaban J connectivity index is 1.65. The van der Waals surface area contributed by atoms with Gasteiger partial charge in [0.2, 0.25) is 16.2 Å². The third kappa shape index (κ3) is 6.24. The molecule has 31 heavy (non-hydrogen) atoms. The van der Waals surface area contributed by atoms with Gasteiger partial charge in [-0.05, 0) is 49.3 Å². The first kappa shape index (κ1) is 22.7. The number of anilines is 1. The number of allylic oxidation sites excluding steroid dienone is 4. The molecule has 1 aromatic carbocycles. The lowest BCUT2D eigenvalue weighted by Gasteiger charge is -2.14. The molecule has 1 amide bonds. The van der Waals surface area contributed by atoms with Crippen LogP contribution >= 0.6 is 11.3 Å². The van der Waals surface area contributed by atoms with Crippen LogP contribution in [0.4, 0.5) is 5.13 Å². The van der Waals surface area contributed by atoms with Gasteiger partial charge in [-0.15, -0.1) is 11.3 Å². The fourth-order valence-electron chi connectivity index (χ4n) is 3.00.